The first-order valence-electron chi connectivity index (χ1n) is 9.54. The third kappa shape index (κ3) is 4.72. The Bertz CT molecular complexity index is 821. The van der Waals surface area contributed by atoms with E-state index in [1.807, 2.05) is 48.5 Å². The van der Waals surface area contributed by atoms with Crippen molar-refractivity contribution in [2.24, 2.45) is 5.92 Å². The summed E-state index contributed by atoms with van der Waals surface area (Å²) in [6, 6.07) is 14.1. The maximum absolute atomic E-state index is 12.9. The van der Waals surface area contributed by atoms with Gasteiger partial charge in [-0.15, -0.1) is 0 Å². The average Bonchev–Trinajstić information content (AvgIpc) is 2.98. The summed E-state index contributed by atoms with van der Waals surface area (Å²) in [4.78, 5) is 12.2. The minimum absolute atomic E-state index is 0.00360. The van der Waals surface area contributed by atoms with Gasteiger partial charge in [0.05, 0.1) is 6.04 Å². The van der Waals surface area contributed by atoms with Crippen molar-refractivity contribution in [3.05, 3.63) is 59.7 Å². The van der Waals surface area contributed by atoms with Gasteiger partial charge < -0.3 is 15.2 Å². The van der Waals surface area contributed by atoms with E-state index in [4.69, 9.17) is 4.74 Å². The van der Waals surface area contributed by atoms with E-state index in [2.05, 4.69) is 5.32 Å². The number of carbonyl (C=O) groups excluding carboxylic acids is 1. The van der Waals surface area contributed by atoms with Crippen LogP contribution in [0.3, 0.4) is 0 Å². The van der Waals surface area contributed by atoms with Gasteiger partial charge in [0.25, 0.3) is 0 Å². The van der Waals surface area contributed by atoms with Gasteiger partial charge in [-0.3, -0.25) is 0 Å². The lowest BCUT2D eigenvalue weighted by Crippen LogP contribution is -2.50. The van der Waals surface area contributed by atoms with E-state index in [1.165, 1.54) is 0 Å². The predicted octanol–water partition coefficient (Wildman–Crippen LogP) is 4.86. The van der Waals surface area contributed by atoms with Crippen LogP contribution in [-0.2, 0) is 4.74 Å². The Morgan fingerprint density at radius 3 is 2.07 bits per heavy atom. The minimum atomic E-state index is -4.82. The highest BCUT2D eigenvalue weighted by atomic mass is 19.4. The van der Waals surface area contributed by atoms with E-state index in [0.29, 0.717) is 0 Å². The topological polar surface area (TPSA) is 58.6 Å². The van der Waals surface area contributed by atoms with Crippen molar-refractivity contribution in [2.45, 2.75) is 44.5 Å². The third-order valence-corrected chi connectivity index (χ3v) is 5.09. The summed E-state index contributed by atoms with van der Waals surface area (Å²) in [6.07, 6.45) is -8.47. The number of hydrogen-bond acceptors (Lipinski definition) is 3. The number of benzene rings is 2. The molecule has 0 saturated carbocycles. The second-order valence-corrected chi connectivity index (χ2v) is 7.69. The zero-order valence-corrected chi connectivity index (χ0v) is 16.2. The standard InChI is InChI=1S/C22H24F3NO3/c1-13(2)11-19(20(27)22(23,24)25)26-21(28)29-12-18-16-9-5-3-7-14(16)15-8-4-6-10-17(15)18/h3-10,13,18-20,27H,11-12H2,1-2H3,(H,26,28). The van der Waals surface area contributed by atoms with Gasteiger partial charge in [-0.2, -0.15) is 13.2 Å². The van der Waals surface area contributed by atoms with Crippen molar-refractivity contribution in [2.75, 3.05) is 6.61 Å². The number of aliphatic hydroxyl groups excluding tert-OH is 1. The number of fused-ring (bicyclic) bond motifs is 3. The molecule has 0 aliphatic heterocycles. The Kier molecular flexibility index (Phi) is 6.17. The van der Waals surface area contributed by atoms with E-state index >= 15 is 0 Å². The SMILES string of the molecule is CC(C)CC(NC(=O)OCC1c2ccccc2-c2ccccc21)C(O)C(F)(F)F. The van der Waals surface area contributed by atoms with Crippen LogP contribution in [-0.4, -0.2) is 36.1 Å². The fourth-order valence-corrected chi connectivity index (χ4v) is 3.79. The molecule has 2 unspecified atom stereocenters. The van der Waals surface area contributed by atoms with Crippen molar-refractivity contribution in [1.29, 1.82) is 0 Å². The minimum Gasteiger partial charge on any atom is -0.449 e. The molecule has 1 aliphatic carbocycles. The molecule has 2 N–H and O–H groups in total. The van der Waals surface area contributed by atoms with Gasteiger partial charge in [0.15, 0.2) is 6.10 Å². The Labute approximate surface area is 167 Å². The highest BCUT2D eigenvalue weighted by Gasteiger charge is 2.44. The molecule has 156 valence electrons. The fourth-order valence-electron chi connectivity index (χ4n) is 3.79. The number of carbonyl (C=O) groups is 1. The lowest BCUT2D eigenvalue weighted by molar-refractivity contribution is -0.212. The van der Waals surface area contributed by atoms with Crippen molar-refractivity contribution < 1.29 is 27.8 Å². The lowest BCUT2D eigenvalue weighted by Gasteiger charge is -2.27. The quantitative estimate of drug-likeness (QED) is 0.719. The molecule has 0 spiro atoms. The summed E-state index contributed by atoms with van der Waals surface area (Å²) >= 11 is 0. The summed E-state index contributed by atoms with van der Waals surface area (Å²) in [5.74, 6) is -0.338. The Hall–Kier alpha value is -2.54. The Morgan fingerprint density at radius 2 is 1.59 bits per heavy atom. The lowest BCUT2D eigenvalue weighted by atomic mass is 9.98. The van der Waals surface area contributed by atoms with Gasteiger partial charge in [-0.1, -0.05) is 62.4 Å². The zero-order chi connectivity index (χ0) is 21.2. The highest BCUT2D eigenvalue weighted by molar-refractivity contribution is 5.79. The molecule has 29 heavy (non-hydrogen) atoms. The molecule has 0 saturated heterocycles. The van der Waals surface area contributed by atoms with Crippen LogP contribution in [0.5, 0.6) is 0 Å². The van der Waals surface area contributed by atoms with Crippen LogP contribution in [0.1, 0.15) is 37.3 Å². The summed E-state index contributed by atoms with van der Waals surface area (Å²) in [5.41, 5.74) is 4.13. The van der Waals surface area contributed by atoms with E-state index in [9.17, 15) is 23.1 Å². The second-order valence-electron chi connectivity index (χ2n) is 7.69. The molecular weight excluding hydrogens is 383 g/mol. The van der Waals surface area contributed by atoms with Gasteiger partial charge in [0, 0.05) is 5.92 Å². The van der Waals surface area contributed by atoms with Crippen LogP contribution in [0.4, 0.5) is 18.0 Å². The molecule has 0 heterocycles. The first-order chi connectivity index (χ1) is 13.7. The van der Waals surface area contributed by atoms with Gasteiger partial charge in [0.1, 0.15) is 6.61 Å². The number of nitrogens with one attached hydrogen (secondary N) is 1. The molecule has 0 bridgehead atoms. The highest BCUT2D eigenvalue weighted by Crippen LogP contribution is 2.44. The first-order valence-corrected chi connectivity index (χ1v) is 9.54. The monoisotopic (exact) mass is 407 g/mol. The van der Waals surface area contributed by atoms with E-state index in [1.54, 1.807) is 13.8 Å². The molecule has 2 atom stereocenters. The van der Waals surface area contributed by atoms with Crippen molar-refractivity contribution >= 4 is 6.09 Å². The zero-order valence-electron chi connectivity index (χ0n) is 16.2. The number of halogens is 3. The van der Waals surface area contributed by atoms with E-state index < -0.39 is 24.4 Å². The summed E-state index contributed by atoms with van der Waals surface area (Å²) in [5, 5.41) is 11.8. The number of hydrogen-bond donors (Lipinski definition) is 2. The van der Waals surface area contributed by atoms with Crippen LogP contribution < -0.4 is 5.32 Å². The molecule has 1 aliphatic rings. The van der Waals surface area contributed by atoms with Gasteiger partial charge in [0.2, 0.25) is 0 Å². The number of rotatable bonds is 6. The van der Waals surface area contributed by atoms with Crippen LogP contribution in [0, 0.1) is 5.92 Å². The normalized spacial score (nSPS) is 15.6. The summed E-state index contributed by atoms with van der Waals surface area (Å²) in [7, 11) is 0. The van der Waals surface area contributed by atoms with E-state index in [0.717, 1.165) is 22.3 Å². The van der Waals surface area contributed by atoms with Crippen molar-refractivity contribution in [3.8, 4) is 11.1 Å². The first kappa shape index (κ1) is 21.2. The third-order valence-electron chi connectivity index (χ3n) is 5.09. The number of alkyl halides is 3. The maximum atomic E-state index is 12.9. The average molecular weight is 407 g/mol. The molecule has 7 heteroatoms. The molecule has 0 fully saturated rings. The van der Waals surface area contributed by atoms with Gasteiger partial charge in [-0.25, -0.2) is 4.79 Å². The smallest absolute Gasteiger partial charge is 0.416 e. The van der Waals surface area contributed by atoms with Gasteiger partial charge >= 0.3 is 12.3 Å². The van der Waals surface area contributed by atoms with Crippen LogP contribution in [0.2, 0.25) is 0 Å². The Morgan fingerprint density at radius 1 is 1.07 bits per heavy atom. The van der Waals surface area contributed by atoms with Crippen LogP contribution in [0.15, 0.2) is 48.5 Å². The number of alkyl carbamates (subject to hydrolysis) is 1. The largest absolute Gasteiger partial charge is 0.449 e. The summed E-state index contributed by atoms with van der Waals surface area (Å²) in [6.45, 7) is 3.43. The second kappa shape index (κ2) is 8.45. The Balaban J connectivity index is 1.70. The molecule has 0 radical (unpaired) electrons. The van der Waals surface area contributed by atoms with E-state index in [-0.39, 0.29) is 24.9 Å². The summed E-state index contributed by atoms with van der Waals surface area (Å²) < 4.78 is 44.0. The molecular formula is C22H24F3NO3. The molecule has 3 rings (SSSR count). The molecule has 4 nitrogen and oxygen atoms in total. The number of aliphatic hydroxyl groups is 1. The van der Waals surface area contributed by atoms with Crippen LogP contribution in [0.25, 0.3) is 11.1 Å². The number of amides is 1. The van der Waals surface area contributed by atoms with Gasteiger partial charge in [-0.05, 0) is 34.6 Å². The van der Waals surface area contributed by atoms with Crippen molar-refractivity contribution in [1.82, 2.24) is 5.32 Å². The molecule has 0 aromatic heterocycles. The molecule has 2 aromatic carbocycles. The van der Waals surface area contributed by atoms with Crippen molar-refractivity contribution in [3.63, 3.8) is 0 Å². The molecule has 1 amide bonds. The fraction of sp³-hybridized carbons (Fsp3) is 0.409. The maximum Gasteiger partial charge on any atom is 0.416 e. The predicted molar refractivity (Wildman–Crippen MR) is 104 cm³/mol. The molecule has 2 aromatic rings. The number of ether oxygens (including phenoxy) is 1. The van der Waals surface area contributed by atoms with Crippen LogP contribution >= 0.6 is 0 Å².